The summed E-state index contributed by atoms with van der Waals surface area (Å²) in [6, 6.07) is 0. The van der Waals surface area contributed by atoms with Gasteiger partial charge in [0.05, 0.1) is 17.9 Å². The molecule has 0 radical (unpaired) electrons. The Morgan fingerprint density at radius 1 is 1.24 bits per heavy atom. The van der Waals surface area contributed by atoms with E-state index in [2.05, 4.69) is 13.8 Å². The van der Waals surface area contributed by atoms with Crippen LogP contribution in [0.3, 0.4) is 0 Å². The number of fused-ring (bicyclic) bond motifs is 1. The summed E-state index contributed by atoms with van der Waals surface area (Å²) < 4.78 is 24.3. The Bertz CT molecular complexity index is 751. The normalized spacial score (nSPS) is 40.5. The second-order valence-electron chi connectivity index (χ2n) is 11.7. The predicted molar refractivity (Wildman–Crippen MR) is 129 cm³/mol. The molecule has 9 atom stereocenters. The van der Waals surface area contributed by atoms with Crippen LogP contribution in [0, 0.1) is 28.6 Å². The van der Waals surface area contributed by atoms with Crippen LogP contribution >= 0.6 is 0 Å². The van der Waals surface area contributed by atoms with Gasteiger partial charge in [-0.2, -0.15) is 0 Å². The third-order valence-electron chi connectivity index (χ3n) is 9.24. The van der Waals surface area contributed by atoms with Gasteiger partial charge < -0.3 is 14.6 Å². The van der Waals surface area contributed by atoms with Crippen molar-refractivity contribution in [2.24, 2.45) is 28.6 Å². The lowest BCUT2D eigenvalue weighted by molar-refractivity contribution is -0.187. The SMILES string of the molecule is CCC(C)(C)C(=O)O[C@H]1C[C@@H](S(C)=O)C[C@@H]2CC[C@H](C)[C@H](CCC3C[C@@H](O)CC(=O)O3)[C@]21C. The van der Waals surface area contributed by atoms with Gasteiger partial charge in [0.25, 0.3) is 0 Å². The molecule has 0 aromatic carbocycles. The minimum atomic E-state index is -0.956. The molecule has 0 bridgehead atoms. The third-order valence-corrected chi connectivity index (χ3v) is 10.6. The number of aliphatic hydroxyl groups excluding tert-OH is 1. The van der Waals surface area contributed by atoms with Gasteiger partial charge >= 0.3 is 11.9 Å². The number of rotatable bonds is 7. The predicted octanol–water partition coefficient (Wildman–Crippen LogP) is 4.39. The zero-order chi connectivity index (χ0) is 24.6. The van der Waals surface area contributed by atoms with Crippen molar-refractivity contribution in [1.29, 1.82) is 0 Å². The Kier molecular flexibility index (Phi) is 8.36. The quantitative estimate of drug-likeness (QED) is 0.539. The van der Waals surface area contributed by atoms with E-state index in [1.807, 2.05) is 20.8 Å². The summed E-state index contributed by atoms with van der Waals surface area (Å²) in [5.74, 6) is 0.628. The van der Waals surface area contributed by atoms with Crippen LogP contribution in [0.1, 0.15) is 92.4 Å². The maximum atomic E-state index is 13.1. The molecule has 3 rings (SSSR count). The topological polar surface area (TPSA) is 89.9 Å². The number of hydrogen-bond donors (Lipinski definition) is 1. The molecule has 1 aliphatic heterocycles. The van der Waals surface area contributed by atoms with Crippen LogP contribution in [0.5, 0.6) is 0 Å². The van der Waals surface area contributed by atoms with Gasteiger partial charge in [-0.05, 0) is 70.1 Å². The van der Waals surface area contributed by atoms with Crippen LogP contribution in [0.15, 0.2) is 0 Å². The molecule has 2 aliphatic carbocycles. The highest BCUT2D eigenvalue weighted by Crippen LogP contribution is 2.58. The van der Waals surface area contributed by atoms with E-state index in [-0.39, 0.29) is 41.2 Å². The van der Waals surface area contributed by atoms with Gasteiger partial charge in [0, 0.05) is 34.1 Å². The van der Waals surface area contributed by atoms with Crippen LogP contribution in [0.4, 0.5) is 0 Å². The maximum absolute atomic E-state index is 13.1. The van der Waals surface area contributed by atoms with Crippen molar-refractivity contribution < 1.29 is 28.4 Å². The zero-order valence-electron chi connectivity index (χ0n) is 21.3. The zero-order valence-corrected chi connectivity index (χ0v) is 22.1. The van der Waals surface area contributed by atoms with Gasteiger partial charge in [0.1, 0.15) is 12.2 Å². The van der Waals surface area contributed by atoms with Crippen LogP contribution in [0.25, 0.3) is 0 Å². The van der Waals surface area contributed by atoms with Gasteiger partial charge in [-0.1, -0.05) is 27.2 Å². The first-order valence-electron chi connectivity index (χ1n) is 12.8. The van der Waals surface area contributed by atoms with E-state index >= 15 is 0 Å². The van der Waals surface area contributed by atoms with E-state index < -0.39 is 22.3 Å². The van der Waals surface area contributed by atoms with Crippen LogP contribution in [0.2, 0.25) is 0 Å². The Morgan fingerprint density at radius 3 is 2.55 bits per heavy atom. The molecule has 190 valence electrons. The monoisotopic (exact) mass is 484 g/mol. The lowest BCUT2D eigenvalue weighted by atomic mass is 9.50. The Hall–Kier alpha value is -0.950. The molecule has 3 fully saturated rings. The highest BCUT2D eigenvalue weighted by Gasteiger charge is 2.57. The smallest absolute Gasteiger partial charge is 0.311 e. The molecule has 0 amide bonds. The van der Waals surface area contributed by atoms with E-state index in [9.17, 15) is 18.9 Å². The number of aliphatic hydroxyl groups is 1. The second-order valence-corrected chi connectivity index (χ2v) is 13.4. The fraction of sp³-hybridized carbons (Fsp3) is 0.923. The van der Waals surface area contributed by atoms with Gasteiger partial charge in [-0.15, -0.1) is 0 Å². The molecular formula is C26H44O6S. The summed E-state index contributed by atoms with van der Waals surface area (Å²) >= 11 is 0. The Morgan fingerprint density at radius 2 is 1.94 bits per heavy atom. The summed E-state index contributed by atoms with van der Waals surface area (Å²) in [6.45, 7) is 10.4. The van der Waals surface area contributed by atoms with Gasteiger partial charge in [0.15, 0.2) is 0 Å². The molecule has 0 spiro atoms. The van der Waals surface area contributed by atoms with Crippen molar-refractivity contribution in [3.63, 3.8) is 0 Å². The van der Waals surface area contributed by atoms with Crippen LogP contribution in [-0.2, 0) is 29.9 Å². The largest absolute Gasteiger partial charge is 0.462 e. The fourth-order valence-electron chi connectivity index (χ4n) is 6.55. The number of ether oxygens (including phenoxy) is 2. The molecule has 2 saturated carbocycles. The number of cyclic esters (lactones) is 1. The van der Waals surface area contributed by atoms with Crippen molar-refractivity contribution in [1.82, 2.24) is 0 Å². The highest BCUT2D eigenvalue weighted by atomic mass is 32.2. The Balaban J connectivity index is 1.85. The second kappa shape index (κ2) is 10.3. The first kappa shape index (κ1) is 26.7. The summed E-state index contributed by atoms with van der Waals surface area (Å²) in [7, 11) is -0.956. The molecule has 0 aromatic heterocycles. The van der Waals surface area contributed by atoms with Crippen LogP contribution in [-0.4, -0.2) is 51.1 Å². The van der Waals surface area contributed by atoms with Crippen molar-refractivity contribution in [3.8, 4) is 0 Å². The Labute approximate surface area is 202 Å². The fourth-order valence-corrected chi connectivity index (χ4v) is 7.50. The molecule has 2 unspecified atom stereocenters. The minimum absolute atomic E-state index is 0.0501. The van der Waals surface area contributed by atoms with Crippen molar-refractivity contribution in [3.05, 3.63) is 0 Å². The summed E-state index contributed by atoms with van der Waals surface area (Å²) in [5, 5.41) is 10.1. The number of carbonyl (C=O) groups excluding carboxylic acids is 2. The van der Waals surface area contributed by atoms with E-state index in [1.165, 1.54) is 0 Å². The minimum Gasteiger partial charge on any atom is -0.462 e. The third kappa shape index (κ3) is 5.66. The van der Waals surface area contributed by atoms with E-state index in [1.54, 1.807) is 6.26 Å². The summed E-state index contributed by atoms with van der Waals surface area (Å²) in [5.41, 5.74) is -0.753. The number of carbonyl (C=O) groups is 2. The lowest BCUT2D eigenvalue weighted by Crippen LogP contribution is -2.57. The molecule has 1 N–H and O–H groups in total. The standard InChI is InChI=1S/C26H44O6S/c1-7-25(3,4)24(29)32-22-15-20(33(6)30)12-17-9-8-16(2)21(26(17,22)5)11-10-19-13-18(27)14-23(28)31-19/h16-22,27H,7-15H2,1-6H3/t16-,17-,18+,19?,20-,21-,22-,26-,33?/m0/s1. The van der Waals surface area contributed by atoms with Crippen molar-refractivity contribution >= 4 is 22.7 Å². The summed E-state index contributed by atoms with van der Waals surface area (Å²) in [4.78, 5) is 25.0. The molecule has 6 nitrogen and oxygen atoms in total. The van der Waals surface area contributed by atoms with Gasteiger partial charge in [0.2, 0.25) is 0 Å². The molecule has 3 aliphatic rings. The van der Waals surface area contributed by atoms with E-state index in [0.717, 1.165) is 25.7 Å². The average Bonchev–Trinajstić information content (AvgIpc) is 2.72. The molecule has 7 heteroatoms. The molecule has 1 heterocycles. The molecule has 33 heavy (non-hydrogen) atoms. The van der Waals surface area contributed by atoms with Gasteiger partial charge in [-0.3, -0.25) is 13.8 Å². The molecule has 0 aromatic rings. The van der Waals surface area contributed by atoms with Crippen molar-refractivity contribution in [2.75, 3.05) is 6.26 Å². The lowest BCUT2D eigenvalue weighted by Gasteiger charge is -2.58. The van der Waals surface area contributed by atoms with E-state index in [0.29, 0.717) is 43.4 Å². The molecular weight excluding hydrogens is 440 g/mol. The van der Waals surface area contributed by atoms with Crippen LogP contribution < -0.4 is 0 Å². The highest BCUT2D eigenvalue weighted by molar-refractivity contribution is 7.84. The summed E-state index contributed by atoms with van der Waals surface area (Å²) in [6.07, 6.45) is 7.19. The number of hydrogen-bond acceptors (Lipinski definition) is 6. The first-order valence-corrected chi connectivity index (χ1v) is 14.4. The van der Waals surface area contributed by atoms with Crippen molar-refractivity contribution in [2.45, 2.75) is 116 Å². The van der Waals surface area contributed by atoms with Gasteiger partial charge in [-0.25, -0.2) is 0 Å². The number of esters is 2. The van der Waals surface area contributed by atoms with E-state index in [4.69, 9.17) is 9.47 Å². The average molecular weight is 485 g/mol. The maximum Gasteiger partial charge on any atom is 0.311 e. The first-order chi connectivity index (χ1) is 15.4. The molecule has 1 saturated heterocycles.